The summed E-state index contributed by atoms with van der Waals surface area (Å²) in [5.41, 5.74) is 3.20. The van der Waals surface area contributed by atoms with Crippen molar-refractivity contribution >= 4 is 28.8 Å². The van der Waals surface area contributed by atoms with Gasteiger partial charge in [0.1, 0.15) is 16.5 Å². The van der Waals surface area contributed by atoms with Crippen LogP contribution >= 0.6 is 11.3 Å². The molecule has 1 heterocycles. The highest BCUT2D eigenvalue weighted by Gasteiger charge is 2.22. The molecule has 0 aliphatic heterocycles. The average molecular weight is 460 g/mol. The third-order valence-corrected chi connectivity index (χ3v) is 6.27. The second kappa shape index (κ2) is 9.75. The first-order chi connectivity index (χ1) is 15.9. The van der Waals surface area contributed by atoms with E-state index in [1.54, 1.807) is 41.6 Å². The zero-order valence-electron chi connectivity index (χ0n) is 18.2. The van der Waals surface area contributed by atoms with Gasteiger partial charge >= 0.3 is 0 Å². The van der Waals surface area contributed by atoms with Crippen molar-refractivity contribution in [1.82, 2.24) is 9.88 Å². The molecule has 4 aromatic rings. The van der Waals surface area contributed by atoms with E-state index >= 15 is 0 Å². The predicted molar refractivity (Wildman–Crippen MR) is 129 cm³/mol. The van der Waals surface area contributed by atoms with Gasteiger partial charge in [0.05, 0.1) is 6.04 Å². The highest BCUT2D eigenvalue weighted by atomic mass is 32.1. The smallest absolute Gasteiger partial charge is 0.273 e. The molecule has 0 fully saturated rings. The Morgan fingerprint density at radius 3 is 2.45 bits per heavy atom. The van der Waals surface area contributed by atoms with E-state index in [4.69, 9.17) is 0 Å². The van der Waals surface area contributed by atoms with E-state index in [9.17, 15) is 14.0 Å². The Morgan fingerprint density at radius 2 is 1.73 bits per heavy atom. The van der Waals surface area contributed by atoms with Crippen molar-refractivity contribution in [1.29, 1.82) is 0 Å². The predicted octanol–water partition coefficient (Wildman–Crippen LogP) is 6.03. The molecule has 1 aromatic heterocycles. The van der Waals surface area contributed by atoms with Crippen LogP contribution in [-0.2, 0) is 0 Å². The molecule has 0 bridgehead atoms. The van der Waals surface area contributed by atoms with Crippen LogP contribution < -0.4 is 5.32 Å². The van der Waals surface area contributed by atoms with Crippen molar-refractivity contribution in [2.75, 3.05) is 12.4 Å². The first-order valence-electron chi connectivity index (χ1n) is 10.4. The van der Waals surface area contributed by atoms with Gasteiger partial charge in [0.2, 0.25) is 0 Å². The standard InChI is InChI=1S/C26H22FN3O2S/c1-17(20-9-6-10-22(15-20)28-24(31)18-7-4-3-5-8-18)30(2)26(32)23-16-33-25(29-23)19-11-13-21(27)14-12-19/h3-17H,1-2H3,(H,28,31). The minimum absolute atomic E-state index is 0.194. The zero-order chi connectivity index (χ0) is 23.4. The van der Waals surface area contributed by atoms with Crippen LogP contribution in [0.3, 0.4) is 0 Å². The summed E-state index contributed by atoms with van der Waals surface area (Å²) in [6, 6.07) is 22.2. The molecule has 33 heavy (non-hydrogen) atoms. The van der Waals surface area contributed by atoms with E-state index in [1.165, 1.54) is 23.5 Å². The molecule has 3 aromatic carbocycles. The molecule has 0 spiro atoms. The third kappa shape index (κ3) is 5.15. The lowest BCUT2D eigenvalue weighted by atomic mass is 10.1. The maximum Gasteiger partial charge on any atom is 0.273 e. The minimum atomic E-state index is -0.317. The SMILES string of the molecule is CC(c1cccc(NC(=O)c2ccccc2)c1)N(C)C(=O)c1csc(-c2ccc(F)cc2)n1. The van der Waals surface area contributed by atoms with E-state index in [1.807, 2.05) is 49.4 Å². The second-order valence-electron chi connectivity index (χ2n) is 7.58. The van der Waals surface area contributed by atoms with Gasteiger partial charge in [0.25, 0.3) is 11.8 Å². The quantitative estimate of drug-likeness (QED) is 0.383. The summed E-state index contributed by atoms with van der Waals surface area (Å²) in [6.07, 6.45) is 0. The molecule has 0 aliphatic carbocycles. The van der Waals surface area contributed by atoms with Crippen molar-refractivity contribution in [2.24, 2.45) is 0 Å². The molecule has 2 amide bonds. The van der Waals surface area contributed by atoms with Gasteiger partial charge in [-0.15, -0.1) is 11.3 Å². The molecular formula is C26H22FN3O2S. The number of hydrogen-bond acceptors (Lipinski definition) is 4. The molecule has 0 radical (unpaired) electrons. The largest absolute Gasteiger partial charge is 0.334 e. The molecule has 0 saturated heterocycles. The summed E-state index contributed by atoms with van der Waals surface area (Å²) in [4.78, 5) is 31.6. The van der Waals surface area contributed by atoms with Crippen LogP contribution in [0.4, 0.5) is 10.1 Å². The lowest BCUT2D eigenvalue weighted by molar-refractivity contribution is 0.0737. The maximum atomic E-state index is 13.2. The number of carbonyl (C=O) groups is 2. The molecule has 1 atom stereocenters. The second-order valence-corrected chi connectivity index (χ2v) is 8.44. The van der Waals surface area contributed by atoms with Crippen LogP contribution in [0.5, 0.6) is 0 Å². The van der Waals surface area contributed by atoms with Gasteiger partial charge in [0, 0.05) is 29.2 Å². The molecule has 4 rings (SSSR count). The van der Waals surface area contributed by atoms with Crippen LogP contribution in [0, 0.1) is 5.82 Å². The fraction of sp³-hybridized carbons (Fsp3) is 0.115. The zero-order valence-corrected chi connectivity index (χ0v) is 19.0. The lowest BCUT2D eigenvalue weighted by Gasteiger charge is -2.25. The maximum absolute atomic E-state index is 13.2. The Morgan fingerprint density at radius 1 is 1.00 bits per heavy atom. The topological polar surface area (TPSA) is 62.3 Å². The van der Waals surface area contributed by atoms with E-state index in [-0.39, 0.29) is 23.7 Å². The number of benzene rings is 3. The number of anilines is 1. The molecule has 166 valence electrons. The highest BCUT2D eigenvalue weighted by Crippen LogP contribution is 2.27. The first kappa shape index (κ1) is 22.4. The van der Waals surface area contributed by atoms with Crippen LogP contribution in [0.1, 0.15) is 39.4 Å². The summed E-state index contributed by atoms with van der Waals surface area (Å²) in [7, 11) is 1.72. The van der Waals surface area contributed by atoms with Gasteiger partial charge in [-0.2, -0.15) is 0 Å². The molecule has 7 heteroatoms. The Balaban J connectivity index is 1.47. The van der Waals surface area contributed by atoms with Crippen molar-refractivity contribution in [3.63, 3.8) is 0 Å². The number of aromatic nitrogens is 1. The van der Waals surface area contributed by atoms with Crippen LogP contribution in [0.25, 0.3) is 10.6 Å². The number of nitrogens with one attached hydrogen (secondary N) is 1. The number of hydrogen-bond donors (Lipinski definition) is 1. The van der Waals surface area contributed by atoms with Crippen molar-refractivity contribution in [2.45, 2.75) is 13.0 Å². The van der Waals surface area contributed by atoms with Crippen LogP contribution in [-0.4, -0.2) is 28.7 Å². The number of nitrogens with zero attached hydrogens (tertiary/aromatic N) is 2. The van der Waals surface area contributed by atoms with Gasteiger partial charge in [-0.3, -0.25) is 9.59 Å². The highest BCUT2D eigenvalue weighted by molar-refractivity contribution is 7.13. The molecule has 1 N–H and O–H groups in total. The lowest BCUT2D eigenvalue weighted by Crippen LogP contribution is -2.30. The summed E-state index contributed by atoms with van der Waals surface area (Å²) in [5, 5.41) is 5.27. The van der Waals surface area contributed by atoms with Gasteiger partial charge in [-0.05, 0) is 61.0 Å². The van der Waals surface area contributed by atoms with E-state index < -0.39 is 0 Å². The Labute approximate surface area is 195 Å². The van der Waals surface area contributed by atoms with Crippen LogP contribution in [0.15, 0.2) is 84.2 Å². The van der Waals surface area contributed by atoms with Crippen molar-refractivity contribution in [3.8, 4) is 10.6 Å². The van der Waals surface area contributed by atoms with Gasteiger partial charge in [0.15, 0.2) is 0 Å². The molecule has 1 unspecified atom stereocenters. The number of rotatable bonds is 6. The number of amides is 2. The van der Waals surface area contributed by atoms with Gasteiger partial charge < -0.3 is 10.2 Å². The Bertz CT molecular complexity index is 1270. The Hall–Kier alpha value is -3.84. The summed E-state index contributed by atoms with van der Waals surface area (Å²) in [5.74, 6) is -0.728. The van der Waals surface area contributed by atoms with Crippen molar-refractivity contribution in [3.05, 3.63) is 107 Å². The average Bonchev–Trinajstić information content (AvgIpc) is 3.34. The fourth-order valence-corrected chi connectivity index (χ4v) is 4.15. The minimum Gasteiger partial charge on any atom is -0.334 e. The summed E-state index contributed by atoms with van der Waals surface area (Å²) >= 11 is 1.34. The van der Waals surface area contributed by atoms with Gasteiger partial charge in [-0.1, -0.05) is 30.3 Å². The molecular weight excluding hydrogens is 437 g/mol. The van der Waals surface area contributed by atoms with Crippen LogP contribution in [0.2, 0.25) is 0 Å². The fourth-order valence-electron chi connectivity index (χ4n) is 3.35. The van der Waals surface area contributed by atoms with Crippen molar-refractivity contribution < 1.29 is 14.0 Å². The first-order valence-corrected chi connectivity index (χ1v) is 11.3. The summed E-state index contributed by atoms with van der Waals surface area (Å²) < 4.78 is 13.2. The van der Waals surface area contributed by atoms with E-state index in [0.29, 0.717) is 22.0 Å². The van der Waals surface area contributed by atoms with Gasteiger partial charge in [-0.25, -0.2) is 9.37 Å². The monoisotopic (exact) mass is 459 g/mol. The molecule has 0 aliphatic rings. The van der Waals surface area contributed by atoms with E-state index in [0.717, 1.165) is 11.1 Å². The number of carbonyl (C=O) groups excluding carboxylic acids is 2. The third-order valence-electron chi connectivity index (χ3n) is 5.38. The van der Waals surface area contributed by atoms with E-state index in [2.05, 4.69) is 10.3 Å². The number of halogens is 1. The summed E-state index contributed by atoms with van der Waals surface area (Å²) in [6.45, 7) is 1.92. The molecule has 5 nitrogen and oxygen atoms in total. The molecule has 0 saturated carbocycles. The normalized spacial score (nSPS) is 11.6. The number of thiazole rings is 1. The Kier molecular flexibility index (Phi) is 6.60.